The molecule has 14 heavy (non-hydrogen) atoms. The Labute approximate surface area is 91.1 Å². The summed E-state index contributed by atoms with van der Waals surface area (Å²) in [5.74, 6) is 0.856. The van der Waals surface area contributed by atoms with Gasteiger partial charge in [-0.2, -0.15) is 0 Å². The van der Waals surface area contributed by atoms with Crippen molar-refractivity contribution in [3.05, 3.63) is 23.0 Å². The van der Waals surface area contributed by atoms with Gasteiger partial charge in [0.15, 0.2) is 0 Å². The predicted molar refractivity (Wildman–Crippen MR) is 68.4 cm³/mol. The molecule has 2 atom stereocenters. The van der Waals surface area contributed by atoms with E-state index in [-0.39, 0.29) is 0 Å². The maximum absolute atomic E-state index is 2.88. The summed E-state index contributed by atoms with van der Waals surface area (Å²) in [6.07, 6.45) is 12.5. The number of hydrogen-bond donors (Lipinski definition) is 0. The van der Waals surface area contributed by atoms with Crippen molar-refractivity contribution in [1.82, 2.24) is 0 Å². The van der Waals surface area contributed by atoms with E-state index in [4.69, 9.17) is 0 Å². The highest BCUT2D eigenvalue weighted by Crippen LogP contribution is 2.30. The second kappa shape index (κ2) is 6.40. The molecular formula is C13H23P. The van der Waals surface area contributed by atoms with Crippen molar-refractivity contribution in [3.8, 4) is 0 Å². The SMILES string of the molecule is CCCCCC(C)CC1=C(P)CC=C1. The first kappa shape index (κ1) is 12.0. The van der Waals surface area contributed by atoms with Crippen molar-refractivity contribution >= 4 is 9.24 Å². The van der Waals surface area contributed by atoms with Gasteiger partial charge in [0.05, 0.1) is 0 Å². The van der Waals surface area contributed by atoms with Crippen LogP contribution in [0, 0.1) is 5.92 Å². The van der Waals surface area contributed by atoms with Crippen molar-refractivity contribution in [2.75, 3.05) is 0 Å². The van der Waals surface area contributed by atoms with Crippen LogP contribution in [-0.2, 0) is 0 Å². The molecule has 1 heteroatoms. The van der Waals surface area contributed by atoms with E-state index in [0.29, 0.717) is 0 Å². The van der Waals surface area contributed by atoms with E-state index in [1.807, 2.05) is 0 Å². The van der Waals surface area contributed by atoms with Crippen LogP contribution in [0.15, 0.2) is 23.0 Å². The Morgan fingerprint density at radius 3 is 2.79 bits per heavy atom. The first-order valence-corrected chi connectivity index (χ1v) is 6.45. The van der Waals surface area contributed by atoms with Gasteiger partial charge in [-0.1, -0.05) is 51.7 Å². The van der Waals surface area contributed by atoms with Crippen LogP contribution in [0.3, 0.4) is 0 Å². The molecule has 0 bridgehead atoms. The van der Waals surface area contributed by atoms with Crippen LogP contribution in [0.1, 0.15) is 52.4 Å². The Bertz CT molecular complexity index is 225. The number of allylic oxidation sites excluding steroid dienone is 4. The third-order valence-corrected chi connectivity index (χ3v) is 3.54. The summed E-state index contributed by atoms with van der Waals surface area (Å²) in [7, 11) is 2.88. The first-order valence-electron chi connectivity index (χ1n) is 5.88. The van der Waals surface area contributed by atoms with E-state index >= 15 is 0 Å². The molecular weight excluding hydrogens is 187 g/mol. The van der Waals surface area contributed by atoms with Crippen molar-refractivity contribution in [2.24, 2.45) is 5.92 Å². The van der Waals surface area contributed by atoms with Gasteiger partial charge in [0, 0.05) is 0 Å². The first-order chi connectivity index (χ1) is 6.74. The standard InChI is InChI=1S/C13H23P/c1-3-4-5-7-11(2)10-12-8-6-9-13(12)14/h6,8,11H,3-5,7,9-10,14H2,1-2H3. The summed E-state index contributed by atoms with van der Waals surface area (Å²) in [5.41, 5.74) is 1.57. The lowest BCUT2D eigenvalue weighted by Gasteiger charge is -2.11. The van der Waals surface area contributed by atoms with Gasteiger partial charge in [-0.25, -0.2) is 0 Å². The van der Waals surface area contributed by atoms with Crippen LogP contribution in [0.5, 0.6) is 0 Å². The van der Waals surface area contributed by atoms with Gasteiger partial charge in [0.1, 0.15) is 0 Å². The Balaban J connectivity index is 2.23. The zero-order valence-electron chi connectivity index (χ0n) is 9.55. The molecule has 0 nitrogen and oxygen atoms in total. The fourth-order valence-corrected chi connectivity index (χ4v) is 2.34. The summed E-state index contributed by atoms with van der Waals surface area (Å²) in [6.45, 7) is 4.65. The molecule has 0 saturated heterocycles. The van der Waals surface area contributed by atoms with E-state index in [9.17, 15) is 0 Å². The van der Waals surface area contributed by atoms with E-state index in [1.54, 1.807) is 5.57 Å². The Kier molecular flexibility index (Phi) is 5.48. The summed E-state index contributed by atoms with van der Waals surface area (Å²) in [5, 5.41) is 1.51. The lowest BCUT2D eigenvalue weighted by molar-refractivity contribution is 0.494. The van der Waals surface area contributed by atoms with Crippen LogP contribution >= 0.6 is 9.24 Å². The van der Waals surface area contributed by atoms with Gasteiger partial charge in [-0.15, -0.1) is 9.24 Å². The average Bonchev–Trinajstić information content (AvgIpc) is 2.52. The molecule has 0 aliphatic heterocycles. The second-order valence-corrected chi connectivity index (χ2v) is 5.16. The van der Waals surface area contributed by atoms with Crippen molar-refractivity contribution < 1.29 is 0 Å². The van der Waals surface area contributed by atoms with Crippen molar-refractivity contribution in [3.63, 3.8) is 0 Å². The highest BCUT2D eigenvalue weighted by atomic mass is 31.0. The minimum Gasteiger partial charge on any atom is -0.109 e. The van der Waals surface area contributed by atoms with Crippen LogP contribution < -0.4 is 0 Å². The smallest absolute Gasteiger partial charge is 0.00923 e. The fourth-order valence-electron chi connectivity index (χ4n) is 1.99. The lowest BCUT2D eigenvalue weighted by Crippen LogP contribution is -1.96. The zero-order valence-corrected chi connectivity index (χ0v) is 10.7. The highest BCUT2D eigenvalue weighted by Gasteiger charge is 2.09. The topological polar surface area (TPSA) is 0 Å². The lowest BCUT2D eigenvalue weighted by atomic mass is 9.96. The molecule has 1 aliphatic rings. The third-order valence-electron chi connectivity index (χ3n) is 2.94. The van der Waals surface area contributed by atoms with E-state index in [1.165, 1.54) is 37.4 Å². The molecule has 2 unspecified atom stereocenters. The van der Waals surface area contributed by atoms with Crippen LogP contribution in [0.25, 0.3) is 0 Å². The minimum atomic E-state index is 0.856. The van der Waals surface area contributed by atoms with Gasteiger partial charge in [0.25, 0.3) is 0 Å². The van der Waals surface area contributed by atoms with Crippen LogP contribution in [0.4, 0.5) is 0 Å². The Morgan fingerprint density at radius 2 is 2.21 bits per heavy atom. The van der Waals surface area contributed by atoms with E-state index in [0.717, 1.165) is 12.3 Å². The molecule has 0 heterocycles. The molecule has 0 fully saturated rings. The van der Waals surface area contributed by atoms with Crippen LogP contribution in [-0.4, -0.2) is 0 Å². The van der Waals surface area contributed by atoms with Gasteiger partial charge in [-0.05, 0) is 29.6 Å². The van der Waals surface area contributed by atoms with Gasteiger partial charge < -0.3 is 0 Å². The van der Waals surface area contributed by atoms with E-state index in [2.05, 4.69) is 35.2 Å². The highest BCUT2D eigenvalue weighted by molar-refractivity contribution is 7.22. The van der Waals surface area contributed by atoms with Crippen LogP contribution in [0.2, 0.25) is 0 Å². The normalized spacial score (nSPS) is 17.9. The van der Waals surface area contributed by atoms with Gasteiger partial charge >= 0.3 is 0 Å². The molecule has 0 radical (unpaired) electrons. The predicted octanol–water partition coefficient (Wildman–Crippen LogP) is 4.68. The maximum atomic E-state index is 2.88. The molecule has 0 aromatic carbocycles. The molecule has 0 saturated carbocycles. The quantitative estimate of drug-likeness (QED) is 0.441. The third kappa shape index (κ3) is 3.96. The maximum Gasteiger partial charge on any atom is -0.00923 e. The average molecular weight is 210 g/mol. The minimum absolute atomic E-state index is 0.856. The molecule has 0 aromatic rings. The summed E-state index contributed by atoms with van der Waals surface area (Å²) in [4.78, 5) is 0. The largest absolute Gasteiger partial charge is 0.109 e. The molecule has 1 aliphatic carbocycles. The number of rotatable bonds is 6. The van der Waals surface area contributed by atoms with Gasteiger partial charge in [-0.3, -0.25) is 0 Å². The van der Waals surface area contributed by atoms with E-state index < -0.39 is 0 Å². The van der Waals surface area contributed by atoms with Gasteiger partial charge in [0.2, 0.25) is 0 Å². The monoisotopic (exact) mass is 210 g/mol. The molecule has 0 N–H and O–H groups in total. The molecule has 80 valence electrons. The Hall–Kier alpha value is -0.0900. The second-order valence-electron chi connectivity index (χ2n) is 4.46. The summed E-state index contributed by atoms with van der Waals surface area (Å²) < 4.78 is 0. The zero-order chi connectivity index (χ0) is 10.4. The van der Waals surface area contributed by atoms with Crippen molar-refractivity contribution in [1.29, 1.82) is 0 Å². The summed E-state index contributed by atoms with van der Waals surface area (Å²) in [6, 6.07) is 0. The Morgan fingerprint density at radius 1 is 1.43 bits per heavy atom. The summed E-state index contributed by atoms with van der Waals surface area (Å²) >= 11 is 0. The molecule has 0 spiro atoms. The molecule has 0 amide bonds. The van der Waals surface area contributed by atoms with Crippen molar-refractivity contribution in [2.45, 2.75) is 52.4 Å². The molecule has 1 rings (SSSR count). The fraction of sp³-hybridized carbons (Fsp3) is 0.692. The number of hydrogen-bond acceptors (Lipinski definition) is 0. The number of unbranched alkanes of at least 4 members (excludes halogenated alkanes) is 2. The molecule has 0 aromatic heterocycles.